The number of aryl methyl sites for hydroxylation is 1. The Kier molecular flexibility index (Phi) is 7.99. The van der Waals surface area contributed by atoms with Gasteiger partial charge in [0, 0.05) is 24.8 Å². The summed E-state index contributed by atoms with van der Waals surface area (Å²) in [6, 6.07) is 4.07. The number of carbonyl (C=O) groups excluding carboxylic acids is 1. The normalized spacial score (nSPS) is 12.7. The van der Waals surface area contributed by atoms with Gasteiger partial charge in [0.25, 0.3) is 0 Å². The molecule has 0 aliphatic heterocycles. The first-order valence-electron chi connectivity index (χ1n) is 7.79. The van der Waals surface area contributed by atoms with Crippen LogP contribution in [0.3, 0.4) is 0 Å². The molecule has 1 amide bonds. The molecule has 0 unspecified atom stereocenters. The standard InChI is InChI=1S/C16H25ClN2O4S/c1-5-23-10-6-9-18-16(20)13(3)19(24(4,21)22)15-11-14(17)8-7-12(15)2/h7-8,11,13H,5-6,9-10H2,1-4H3,(H,18,20)/t13-/m0/s1. The first-order chi connectivity index (χ1) is 11.2. The van der Waals surface area contributed by atoms with Gasteiger partial charge in [-0.15, -0.1) is 0 Å². The SMILES string of the molecule is CCOCCCNC(=O)[C@H](C)N(c1cc(Cl)ccc1C)S(C)(=O)=O. The van der Waals surface area contributed by atoms with Gasteiger partial charge in [-0.1, -0.05) is 17.7 Å². The number of ether oxygens (including phenoxy) is 1. The molecule has 1 N–H and O–H groups in total. The third kappa shape index (κ3) is 5.96. The molecule has 0 saturated heterocycles. The van der Waals surface area contributed by atoms with Crippen LogP contribution < -0.4 is 9.62 Å². The average Bonchev–Trinajstić information content (AvgIpc) is 2.49. The second-order valence-corrected chi connectivity index (χ2v) is 7.80. The highest BCUT2D eigenvalue weighted by molar-refractivity contribution is 7.92. The summed E-state index contributed by atoms with van der Waals surface area (Å²) in [7, 11) is -3.65. The predicted octanol–water partition coefficient (Wildman–Crippen LogP) is 2.35. The number of amides is 1. The van der Waals surface area contributed by atoms with Gasteiger partial charge < -0.3 is 10.1 Å². The van der Waals surface area contributed by atoms with Gasteiger partial charge in [0.15, 0.2) is 0 Å². The number of hydrogen-bond donors (Lipinski definition) is 1. The Morgan fingerprint density at radius 2 is 2.08 bits per heavy atom. The van der Waals surface area contributed by atoms with Crippen LogP contribution in [-0.4, -0.2) is 46.4 Å². The van der Waals surface area contributed by atoms with Crippen LogP contribution in [0.5, 0.6) is 0 Å². The molecule has 0 aliphatic rings. The molecule has 8 heteroatoms. The number of rotatable bonds is 9. The molecule has 0 radical (unpaired) electrons. The summed E-state index contributed by atoms with van der Waals surface area (Å²) in [5, 5.41) is 3.15. The van der Waals surface area contributed by atoms with Crippen molar-refractivity contribution in [1.82, 2.24) is 5.32 Å². The topological polar surface area (TPSA) is 75.7 Å². The van der Waals surface area contributed by atoms with Crippen molar-refractivity contribution < 1.29 is 17.9 Å². The van der Waals surface area contributed by atoms with E-state index in [4.69, 9.17) is 16.3 Å². The zero-order chi connectivity index (χ0) is 18.3. The van der Waals surface area contributed by atoms with E-state index in [-0.39, 0.29) is 5.91 Å². The van der Waals surface area contributed by atoms with E-state index in [0.29, 0.717) is 36.9 Å². The van der Waals surface area contributed by atoms with Gasteiger partial charge in [-0.05, 0) is 44.9 Å². The van der Waals surface area contributed by atoms with Gasteiger partial charge in [0.2, 0.25) is 15.9 Å². The summed E-state index contributed by atoms with van der Waals surface area (Å²) in [6.45, 7) is 6.83. The van der Waals surface area contributed by atoms with Gasteiger partial charge in [0.05, 0.1) is 11.9 Å². The first-order valence-corrected chi connectivity index (χ1v) is 10.0. The molecular weight excluding hydrogens is 352 g/mol. The van der Waals surface area contributed by atoms with E-state index in [1.807, 2.05) is 6.92 Å². The largest absolute Gasteiger partial charge is 0.382 e. The van der Waals surface area contributed by atoms with Crippen molar-refractivity contribution in [3.05, 3.63) is 28.8 Å². The third-order valence-electron chi connectivity index (χ3n) is 3.47. The molecule has 0 aliphatic carbocycles. The smallest absolute Gasteiger partial charge is 0.243 e. The molecule has 0 spiro atoms. The van der Waals surface area contributed by atoms with E-state index in [1.54, 1.807) is 32.0 Å². The van der Waals surface area contributed by atoms with Gasteiger partial charge in [-0.3, -0.25) is 9.10 Å². The number of hydrogen-bond acceptors (Lipinski definition) is 4. The first kappa shape index (κ1) is 20.7. The number of sulfonamides is 1. The number of nitrogens with one attached hydrogen (secondary N) is 1. The number of anilines is 1. The quantitative estimate of drug-likeness (QED) is 0.671. The van der Waals surface area contributed by atoms with E-state index >= 15 is 0 Å². The lowest BCUT2D eigenvalue weighted by atomic mass is 10.2. The Balaban J connectivity index is 2.93. The second-order valence-electron chi connectivity index (χ2n) is 5.51. The van der Waals surface area contributed by atoms with Crippen LogP contribution in [0.2, 0.25) is 5.02 Å². The van der Waals surface area contributed by atoms with Crippen LogP contribution in [0.4, 0.5) is 5.69 Å². The molecule has 136 valence electrons. The summed E-state index contributed by atoms with van der Waals surface area (Å²) in [5.74, 6) is -0.365. The van der Waals surface area contributed by atoms with Crippen LogP contribution in [0.25, 0.3) is 0 Å². The highest BCUT2D eigenvalue weighted by atomic mass is 35.5. The maximum absolute atomic E-state index is 12.3. The molecule has 1 aromatic carbocycles. The monoisotopic (exact) mass is 376 g/mol. The maximum atomic E-state index is 12.3. The molecule has 1 atom stereocenters. The van der Waals surface area contributed by atoms with E-state index in [0.717, 1.165) is 16.1 Å². The number of halogens is 1. The minimum absolute atomic E-state index is 0.365. The molecule has 0 fully saturated rings. The van der Waals surface area contributed by atoms with Crippen LogP contribution in [0.15, 0.2) is 18.2 Å². The van der Waals surface area contributed by atoms with Gasteiger partial charge in [0.1, 0.15) is 6.04 Å². The Bertz CT molecular complexity index is 664. The van der Waals surface area contributed by atoms with Crippen molar-refractivity contribution in [3.63, 3.8) is 0 Å². The zero-order valence-corrected chi connectivity index (χ0v) is 16.1. The van der Waals surface area contributed by atoms with Crippen molar-refractivity contribution in [3.8, 4) is 0 Å². The average molecular weight is 377 g/mol. The van der Waals surface area contributed by atoms with Crippen LogP contribution in [0, 0.1) is 6.92 Å². The maximum Gasteiger partial charge on any atom is 0.243 e. The molecule has 0 heterocycles. The molecule has 6 nitrogen and oxygen atoms in total. The molecule has 24 heavy (non-hydrogen) atoms. The molecular formula is C16H25ClN2O4S. The van der Waals surface area contributed by atoms with Crippen molar-refractivity contribution in [2.75, 3.05) is 30.3 Å². The molecule has 1 rings (SSSR count). The Labute approximate surface area is 149 Å². The van der Waals surface area contributed by atoms with Gasteiger partial charge >= 0.3 is 0 Å². The highest BCUT2D eigenvalue weighted by Crippen LogP contribution is 2.28. The van der Waals surface area contributed by atoms with Gasteiger partial charge in [-0.25, -0.2) is 8.42 Å². The molecule has 1 aromatic rings. The number of nitrogens with zero attached hydrogens (tertiary/aromatic N) is 1. The molecule has 0 aromatic heterocycles. The lowest BCUT2D eigenvalue weighted by Crippen LogP contribution is -2.48. The van der Waals surface area contributed by atoms with Crippen LogP contribution in [0.1, 0.15) is 25.8 Å². The fourth-order valence-corrected chi connectivity index (χ4v) is 3.67. The number of carbonyl (C=O) groups is 1. The summed E-state index contributed by atoms with van der Waals surface area (Å²) >= 11 is 5.99. The lowest BCUT2D eigenvalue weighted by molar-refractivity contribution is -0.121. The van der Waals surface area contributed by atoms with Crippen LogP contribution >= 0.6 is 11.6 Å². The minimum atomic E-state index is -3.65. The summed E-state index contributed by atoms with van der Waals surface area (Å²) < 4.78 is 30.8. The third-order valence-corrected chi connectivity index (χ3v) is 4.93. The van der Waals surface area contributed by atoms with Gasteiger partial charge in [-0.2, -0.15) is 0 Å². The Morgan fingerprint density at radius 3 is 2.67 bits per heavy atom. The number of benzene rings is 1. The van der Waals surface area contributed by atoms with E-state index in [1.165, 1.54) is 0 Å². The second kappa shape index (κ2) is 9.25. The molecule has 0 bridgehead atoms. The van der Waals surface area contributed by atoms with Crippen molar-refractivity contribution in [1.29, 1.82) is 0 Å². The Morgan fingerprint density at radius 1 is 1.42 bits per heavy atom. The van der Waals surface area contributed by atoms with Crippen molar-refractivity contribution >= 4 is 33.2 Å². The Hall–Kier alpha value is -1.31. The van der Waals surface area contributed by atoms with Crippen LogP contribution in [-0.2, 0) is 19.6 Å². The fraction of sp³-hybridized carbons (Fsp3) is 0.562. The predicted molar refractivity (Wildman–Crippen MR) is 97.1 cm³/mol. The van der Waals surface area contributed by atoms with Crippen molar-refractivity contribution in [2.24, 2.45) is 0 Å². The highest BCUT2D eigenvalue weighted by Gasteiger charge is 2.30. The van der Waals surface area contributed by atoms with Crippen molar-refractivity contribution in [2.45, 2.75) is 33.2 Å². The van der Waals surface area contributed by atoms with E-state index in [9.17, 15) is 13.2 Å². The van der Waals surface area contributed by atoms with E-state index < -0.39 is 16.1 Å². The summed E-state index contributed by atoms with van der Waals surface area (Å²) in [6.07, 6.45) is 1.74. The zero-order valence-electron chi connectivity index (χ0n) is 14.5. The summed E-state index contributed by atoms with van der Waals surface area (Å²) in [5.41, 5.74) is 1.13. The minimum Gasteiger partial charge on any atom is -0.382 e. The summed E-state index contributed by atoms with van der Waals surface area (Å²) in [4.78, 5) is 12.3. The lowest BCUT2D eigenvalue weighted by Gasteiger charge is -2.29. The van der Waals surface area contributed by atoms with E-state index in [2.05, 4.69) is 5.32 Å². The molecule has 0 saturated carbocycles. The fourth-order valence-electron chi connectivity index (χ4n) is 2.28.